The van der Waals surface area contributed by atoms with Gasteiger partial charge < -0.3 is 14.2 Å². The van der Waals surface area contributed by atoms with Crippen molar-refractivity contribution in [3.63, 3.8) is 0 Å². The van der Waals surface area contributed by atoms with Crippen molar-refractivity contribution in [2.75, 3.05) is 13.2 Å². The second kappa shape index (κ2) is 65.1. The van der Waals surface area contributed by atoms with E-state index in [4.69, 9.17) is 14.2 Å². The van der Waals surface area contributed by atoms with Crippen LogP contribution in [0.1, 0.15) is 284 Å². The van der Waals surface area contributed by atoms with Crippen molar-refractivity contribution < 1.29 is 28.6 Å². The fourth-order valence-electron chi connectivity index (χ4n) is 8.58. The maximum Gasteiger partial charge on any atom is 0.306 e. The molecule has 78 heavy (non-hydrogen) atoms. The number of hydrogen-bond donors (Lipinski definition) is 0. The Bertz CT molecular complexity index is 1670. The highest BCUT2D eigenvalue weighted by atomic mass is 16.6. The van der Waals surface area contributed by atoms with Gasteiger partial charge in [-0.05, 0) is 122 Å². The number of rotatable bonds is 57. The van der Waals surface area contributed by atoms with Crippen LogP contribution >= 0.6 is 0 Å². The van der Waals surface area contributed by atoms with Gasteiger partial charge in [0.25, 0.3) is 0 Å². The van der Waals surface area contributed by atoms with Crippen LogP contribution in [0.15, 0.2) is 134 Å². The van der Waals surface area contributed by atoms with Crippen LogP contribution in [0, 0.1) is 0 Å². The standard InChI is InChI=1S/C72H118O6/c1-4-7-10-13-16-19-22-25-27-29-30-31-32-33-34-35-36-37-38-39-40-41-42-43-45-47-50-53-56-59-62-65-71(74)77-68-69(67-76-70(73)64-61-58-55-52-49-46-24-21-18-15-12-9-6-3)78-72(75)66-63-60-57-54-51-48-44-28-26-23-20-17-14-11-8-5-2/h7,10,16,19-20,23,25,27-28,30-31,33-34,36-37,39-40,42-44,47,50,69H,4-6,8-9,11-15,17-18,21-22,24,26,29,32,35,38,41,45-46,48-49,51-68H2,1-3H3/b10-7-,19-16-,23-20-,27-25-,31-30-,34-33-,37-36-,40-39-,43-42-,44-28-,50-47-. The molecule has 0 N–H and O–H groups in total. The Hall–Kier alpha value is -4.45. The van der Waals surface area contributed by atoms with Gasteiger partial charge >= 0.3 is 17.9 Å². The van der Waals surface area contributed by atoms with Gasteiger partial charge in [0.05, 0.1) is 0 Å². The smallest absolute Gasteiger partial charge is 0.306 e. The third-order valence-electron chi connectivity index (χ3n) is 13.4. The highest BCUT2D eigenvalue weighted by molar-refractivity contribution is 5.71. The van der Waals surface area contributed by atoms with E-state index in [-0.39, 0.29) is 31.1 Å². The molecule has 0 aliphatic carbocycles. The lowest BCUT2D eigenvalue weighted by molar-refractivity contribution is -0.167. The van der Waals surface area contributed by atoms with Gasteiger partial charge in [-0.2, -0.15) is 0 Å². The molecule has 1 unspecified atom stereocenters. The van der Waals surface area contributed by atoms with Gasteiger partial charge in [0.2, 0.25) is 0 Å². The number of unbranched alkanes of at least 4 members (excludes halogenated alkanes) is 24. The Morgan fingerprint density at radius 1 is 0.269 bits per heavy atom. The molecule has 0 bridgehead atoms. The van der Waals surface area contributed by atoms with Crippen LogP contribution in [0.5, 0.6) is 0 Å². The van der Waals surface area contributed by atoms with Crippen LogP contribution in [0.4, 0.5) is 0 Å². The molecule has 0 aromatic heterocycles. The summed E-state index contributed by atoms with van der Waals surface area (Å²) in [5.41, 5.74) is 0. The fraction of sp³-hybridized carbons (Fsp3) is 0.653. The van der Waals surface area contributed by atoms with E-state index in [1.165, 1.54) is 96.3 Å². The monoisotopic (exact) mass is 1080 g/mol. The number of ether oxygens (including phenoxy) is 3. The molecule has 0 rings (SSSR count). The summed E-state index contributed by atoms with van der Waals surface area (Å²) in [7, 11) is 0. The summed E-state index contributed by atoms with van der Waals surface area (Å²) in [4.78, 5) is 38.3. The summed E-state index contributed by atoms with van der Waals surface area (Å²) in [5.74, 6) is -0.941. The Labute approximate surface area is 481 Å². The van der Waals surface area contributed by atoms with E-state index in [0.717, 1.165) is 148 Å². The average Bonchev–Trinajstić information content (AvgIpc) is 3.44. The van der Waals surface area contributed by atoms with Crippen molar-refractivity contribution in [2.24, 2.45) is 0 Å². The maximum atomic E-state index is 12.9. The van der Waals surface area contributed by atoms with E-state index in [1.807, 2.05) is 0 Å². The third-order valence-corrected chi connectivity index (χ3v) is 13.4. The summed E-state index contributed by atoms with van der Waals surface area (Å²) >= 11 is 0. The van der Waals surface area contributed by atoms with Crippen LogP contribution in [0.2, 0.25) is 0 Å². The Morgan fingerprint density at radius 3 is 0.808 bits per heavy atom. The van der Waals surface area contributed by atoms with E-state index < -0.39 is 6.10 Å². The van der Waals surface area contributed by atoms with Crippen molar-refractivity contribution in [1.29, 1.82) is 0 Å². The Kier molecular flexibility index (Phi) is 61.4. The van der Waals surface area contributed by atoms with Crippen molar-refractivity contribution in [2.45, 2.75) is 290 Å². The number of carbonyl (C=O) groups excluding carboxylic acids is 3. The molecular weight excluding hydrogens is 961 g/mol. The molecule has 1 atom stereocenters. The summed E-state index contributed by atoms with van der Waals surface area (Å²) in [5, 5.41) is 0. The Balaban J connectivity index is 4.39. The molecule has 0 aliphatic rings. The normalized spacial score (nSPS) is 13.0. The van der Waals surface area contributed by atoms with Crippen molar-refractivity contribution >= 4 is 17.9 Å². The van der Waals surface area contributed by atoms with Crippen LogP contribution in [-0.4, -0.2) is 37.2 Å². The van der Waals surface area contributed by atoms with Crippen LogP contribution in [0.25, 0.3) is 0 Å². The lowest BCUT2D eigenvalue weighted by Gasteiger charge is -2.18. The molecular formula is C72H118O6. The molecule has 0 radical (unpaired) electrons. The lowest BCUT2D eigenvalue weighted by atomic mass is 10.0. The average molecular weight is 1080 g/mol. The predicted molar refractivity (Wildman–Crippen MR) is 339 cm³/mol. The zero-order valence-corrected chi connectivity index (χ0v) is 50.6. The predicted octanol–water partition coefficient (Wildman–Crippen LogP) is 22.2. The van der Waals surface area contributed by atoms with Gasteiger partial charge in [0, 0.05) is 19.3 Å². The second-order valence-corrected chi connectivity index (χ2v) is 20.9. The molecule has 0 saturated heterocycles. The van der Waals surface area contributed by atoms with Gasteiger partial charge in [-0.15, -0.1) is 0 Å². The molecule has 6 nitrogen and oxygen atoms in total. The molecule has 0 amide bonds. The fourth-order valence-corrected chi connectivity index (χ4v) is 8.58. The lowest BCUT2D eigenvalue weighted by Crippen LogP contribution is -2.30. The van der Waals surface area contributed by atoms with Gasteiger partial charge in [-0.1, -0.05) is 276 Å². The number of esters is 3. The molecule has 0 heterocycles. The molecule has 0 fully saturated rings. The van der Waals surface area contributed by atoms with Crippen molar-refractivity contribution in [3.05, 3.63) is 134 Å². The first-order valence-corrected chi connectivity index (χ1v) is 32.2. The van der Waals surface area contributed by atoms with E-state index in [9.17, 15) is 14.4 Å². The first kappa shape index (κ1) is 73.5. The summed E-state index contributed by atoms with van der Waals surface area (Å²) in [6.07, 6.45) is 91.7. The molecule has 6 heteroatoms. The molecule has 0 aromatic carbocycles. The molecule has 0 spiro atoms. The largest absolute Gasteiger partial charge is 0.462 e. The zero-order valence-electron chi connectivity index (χ0n) is 50.6. The zero-order chi connectivity index (χ0) is 56.4. The van der Waals surface area contributed by atoms with Crippen LogP contribution < -0.4 is 0 Å². The first-order valence-electron chi connectivity index (χ1n) is 32.2. The van der Waals surface area contributed by atoms with Gasteiger partial charge in [0.15, 0.2) is 6.10 Å². The number of hydrogen-bond acceptors (Lipinski definition) is 6. The molecule has 0 saturated carbocycles. The van der Waals surface area contributed by atoms with Gasteiger partial charge in [-0.3, -0.25) is 14.4 Å². The van der Waals surface area contributed by atoms with E-state index >= 15 is 0 Å². The summed E-state index contributed by atoms with van der Waals surface area (Å²) < 4.78 is 16.9. The SMILES string of the molecule is CC/C=C\C/C=C\C/C=C\C/C=C\C/C=C\C/C=C\C/C=C\C/C=C\C/C=C\CCCCCC(=O)OCC(COC(=O)CCCCCCCCCCCCCCC)OC(=O)CCCCCCC/C=C\C/C=C\CCCCCC. The number of allylic oxidation sites excluding steroid dienone is 22. The summed E-state index contributed by atoms with van der Waals surface area (Å²) in [6, 6.07) is 0. The van der Waals surface area contributed by atoms with E-state index in [0.29, 0.717) is 19.3 Å². The van der Waals surface area contributed by atoms with E-state index in [1.54, 1.807) is 0 Å². The Morgan fingerprint density at radius 2 is 0.500 bits per heavy atom. The molecule has 0 aliphatic heterocycles. The molecule has 442 valence electrons. The second-order valence-electron chi connectivity index (χ2n) is 20.9. The van der Waals surface area contributed by atoms with Crippen LogP contribution in [-0.2, 0) is 28.6 Å². The summed E-state index contributed by atoms with van der Waals surface area (Å²) in [6.45, 7) is 6.48. The first-order chi connectivity index (χ1) is 38.5. The highest BCUT2D eigenvalue weighted by Gasteiger charge is 2.19. The quantitative estimate of drug-likeness (QED) is 0.0261. The van der Waals surface area contributed by atoms with Gasteiger partial charge in [-0.25, -0.2) is 0 Å². The third kappa shape index (κ3) is 62.4. The van der Waals surface area contributed by atoms with Gasteiger partial charge in [0.1, 0.15) is 13.2 Å². The molecule has 0 aromatic rings. The topological polar surface area (TPSA) is 78.9 Å². The van der Waals surface area contributed by atoms with E-state index in [2.05, 4.69) is 154 Å². The van der Waals surface area contributed by atoms with Crippen LogP contribution in [0.3, 0.4) is 0 Å². The number of carbonyl (C=O) groups is 3. The van der Waals surface area contributed by atoms with Crippen molar-refractivity contribution in [3.8, 4) is 0 Å². The highest BCUT2D eigenvalue weighted by Crippen LogP contribution is 2.15. The minimum Gasteiger partial charge on any atom is -0.462 e. The minimum absolute atomic E-state index is 0.0954. The van der Waals surface area contributed by atoms with Crippen molar-refractivity contribution in [1.82, 2.24) is 0 Å². The maximum absolute atomic E-state index is 12.9. The minimum atomic E-state index is -0.803.